The van der Waals surface area contributed by atoms with Crippen LogP contribution in [0.4, 0.5) is 4.39 Å². The summed E-state index contributed by atoms with van der Waals surface area (Å²) in [6, 6.07) is 6.89. The zero-order valence-corrected chi connectivity index (χ0v) is 6.91. The van der Waals surface area contributed by atoms with Crippen LogP contribution in [0.1, 0.15) is 4.88 Å². The van der Waals surface area contributed by atoms with Gasteiger partial charge in [-0.05, 0) is 36.6 Å². The first-order valence-electron chi connectivity index (χ1n) is 3.41. The van der Waals surface area contributed by atoms with Gasteiger partial charge < -0.3 is 0 Å². The smallest absolute Gasteiger partial charge is 0.123 e. The Morgan fingerprint density at radius 2 is 2.09 bits per heavy atom. The van der Waals surface area contributed by atoms with Gasteiger partial charge in [-0.3, -0.25) is 0 Å². The van der Waals surface area contributed by atoms with Crippen molar-refractivity contribution in [3.05, 3.63) is 35.0 Å². The fraction of sp³-hybridized carbons (Fsp3) is 0.111. The number of hydrogen-bond acceptors (Lipinski definition) is 1. The molecule has 0 aliphatic carbocycles. The Labute approximate surface area is 68.3 Å². The molecule has 0 atom stereocenters. The van der Waals surface area contributed by atoms with Gasteiger partial charge in [-0.25, -0.2) is 4.39 Å². The number of rotatable bonds is 0. The molecule has 1 aromatic heterocycles. The molecule has 0 fully saturated rings. The van der Waals surface area contributed by atoms with Crippen LogP contribution in [0.25, 0.3) is 10.1 Å². The molecule has 0 saturated carbocycles. The molecule has 0 saturated heterocycles. The summed E-state index contributed by atoms with van der Waals surface area (Å²) in [5.41, 5.74) is 0. The molecule has 56 valence electrons. The molecule has 0 spiro atoms. The molecule has 0 amide bonds. The van der Waals surface area contributed by atoms with E-state index < -0.39 is 0 Å². The zero-order valence-electron chi connectivity index (χ0n) is 6.10. The van der Waals surface area contributed by atoms with Gasteiger partial charge in [-0.1, -0.05) is 0 Å². The van der Waals surface area contributed by atoms with E-state index in [1.807, 2.05) is 19.1 Å². The van der Waals surface area contributed by atoms with E-state index in [1.165, 1.54) is 10.9 Å². The molecular formula is C9H7FS. The number of benzene rings is 1. The summed E-state index contributed by atoms with van der Waals surface area (Å²) in [5.74, 6) is -0.157. The Morgan fingerprint density at radius 1 is 1.27 bits per heavy atom. The van der Waals surface area contributed by atoms with E-state index in [1.54, 1.807) is 17.4 Å². The molecule has 2 rings (SSSR count). The second-order valence-corrected chi connectivity index (χ2v) is 3.83. The van der Waals surface area contributed by atoms with Crippen LogP contribution in [-0.2, 0) is 0 Å². The van der Waals surface area contributed by atoms with Gasteiger partial charge in [0.25, 0.3) is 0 Å². The third-order valence-corrected chi connectivity index (χ3v) is 2.63. The maximum atomic E-state index is 12.7. The first-order chi connectivity index (χ1) is 5.25. The number of halogens is 1. The van der Waals surface area contributed by atoms with Gasteiger partial charge in [0.1, 0.15) is 5.82 Å². The second kappa shape index (κ2) is 2.31. The van der Waals surface area contributed by atoms with E-state index in [9.17, 15) is 4.39 Å². The van der Waals surface area contributed by atoms with Gasteiger partial charge in [-0.15, -0.1) is 11.3 Å². The van der Waals surface area contributed by atoms with Crippen LogP contribution in [0.5, 0.6) is 0 Å². The van der Waals surface area contributed by atoms with Crippen molar-refractivity contribution in [1.82, 2.24) is 0 Å². The molecule has 0 N–H and O–H groups in total. The Morgan fingerprint density at radius 3 is 2.91 bits per heavy atom. The summed E-state index contributed by atoms with van der Waals surface area (Å²) in [4.78, 5) is 1.23. The molecule has 0 bridgehead atoms. The Balaban J connectivity index is 2.82. The first kappa shape index (κ1) is 6.80. The third kappa shape index (κ3) is 1.14. The largest absolute Gasteiger partial charge is 0.207 e. The lowest BCUT2D eigenvalue weighted by Gasteiger charge is -1.86. The van der Waals surface area contributed by atoms with Crippen molar-refractivity contribution in [1.29, 1.82) is 0 Å². The van der Waals surface area contributed by atoms with Crippen molar-refractivity contribution in [3.8, 4) is 0 Å². The maximum Gasteiger partial charge on any atom is 0.123 e. The van der Waals surface area contributed by atoms with Gasteiger partial charge in [0, 0.05) is 9.58 Å². The number of fused-ring (bicyclic) bond motifs is 1. The predicted octanol–water partition coefficient (Wildman–Crippen LogP) is 3.35. The van der Waals surface area contributed by atoms with Crippen molar-refractivity contribution in [3.63, 3.8) is 0 Å². The molecule has 0 aliphatic rings. The minimum Gasteiger partial charge on any atom is -0.207 e. The minimum absolute atomic E-state index is 0.157. The van der Waals surface area contributed by atoms with E-state index in [-0.39, 0.29) is 5.82 Å². The summed E-state index contributed by atoms with van der Waals surface area (Å²) >= 11 is 1.69. The fourth-order valence-electron chi connectivity index (χ4n) is 1.15. The van der Waals surface area contributed by atoms with Crippen molar-refractivity contribution < 1.29 is 4.39 Å². The van der Waals surface area contributed by atoms with Gasteiger partial charge >= 0.3 is 0 Å². The maximum absolute atomic E-state index is 12.7. The van der Waals surface area contributed by atoms with Crippen LogP contribution in [-0.4, -0.2) is 0 Å². The van der Waals surface area contributed by atoms with Gasteiger partial charge in [0.2, 0.25) is 0 Å². The Kier molecular flexibility index (Phi) is 1.43. The molecule has 1 aromatic carbocycles. The Bertz CT molecular complexity index is 389. The Hall–Kier alpha value is -0.890. The highest BCUT2D eigenvalue weighted by Crippen LogP contribution is 2.24. The van der Waals surface area contributed by atoms with Gasteiger partial charge in [-0.2, -0.15) is 0 Å². The summed E-state index contributed by atoms with van der Waals surface area (Å²) in [6.07, 6.45) is 0. The standard InChI is InChI=1S/C9H7FS/c1-6-4-7-5-8(10)2-3-9(7)11-6/h2-5H,1H3. The lowest BCUT2D eigenvalue weighted by Crippen LogP contribution is -1.68. The molecule has 1 heterocycles. The highest BCUT2D eigenvalue weighted by molar-refractivity contribution is 7.19. The molecule has 11 heavy (non-hydrogen) atoms. The average molecular weight is 166 g/mol. The molecule has 0 radical (unpaired) electrons. The minimum atomic E-state index is -0.157. The van der Waals surface area contributed by atoms with Crippen LogP contribution in [0.15, 0.2) is 24.3 Å². The normalized spacial score (nSPS) is 10.7. The topological polar surface area (TPSA) is 0 Å². The number of aryl methyl sites for hydroxylation is 1. The molecule has 2 heteroatoms. The highest BCUT2D eigenvalue weighted by Gasteiger charge is 1.98. The van der Waals surface area contributed by atoms with E-state index in [2.05, 4.69) is 0 Å². The van der Waals surface area contributed by atoms with E-state index in [4.69, 9.17) is 0 Å². The van der Waals surface area contributed by atoms with Crippen molar-refractivity contribution >= 4 is 21.4 Å². The van der Waals surface area contributed by atoms with Crippen LogP contribution in [0.2, 0.25) is 0 Å². The molecule has 0 unspecified atom stereocenters. The van der Waals surface area contributed by atoms with E-state index in [0.717, 1.165) is 10.1 Å². The van der Waals surface area contributed by atoms with Crippen molar-refractivity contribution in [2.24, 2.45) is 0 Å². The van der Waals surface area contributed by atoms with Crippen LogP contribution in [0, 0.1) is 12.7 Å². The van der Waals surface area contributed by atoms with Gasteiger partial charge in [0.15, 0.2) is 0 Å². The van der Waals surface area contributed by atoms with Crippen LogP contribution >= 0.6 is 11.3 Å². The van der Waals surface area contributed by atoms with Crippen LogP contribution < -0.4 is 0 Å². The molecule has 0 nitrogen and oxygen atoms in total. The fourth-order valence-corrected chi connectivity index (χ4v) is 2.05. The van der Waals surface area contributed by atoms with E-state index >= 15 is 0 Å². The SMILES string of the molecule is Cc1cc2cc(F)ccc2s1. The van der Waals surface area contributed by atoms with Crippen LogP contribution in [0.3, 0.4) is 0 Å². The molecule has 0 aliphatic heterocycles. The second-order valence-electron chi connectivity index (χ2n) is 2.54. The number of hydrogen-bond donors (Lipinski definition) is 0. The molecule has 2 aromatic rings. The zero-order chi connectivity index (χ0) is 7.84. The summed E-state index contributed by atoms with van der Waals surface area (Å²) < 4.78 is 13.8. The van der Waals surface area contributed by atoms with Crippen molar-refractivity contribution in [2.75, 3.05) is 0 Å². The van der Waals surface area contributed by atoms with E-state index in [0.29, 0.717) is 0 Å². The molecular weight excluding hydrogens is 159 g/mol. The third-order valence-electron chi connectivity index (χ3n) is 1.60. The monoisotopic (exact) mass is 166 g/mol. The first-order valence-corrected chi connectivity index (χ1v) is 4.23. The lowest BCUT2D eigenvalue weighted by molar-refractivity contribution is 0.630. The summed E-state index contributed by atoms with van der Waals surface area (Å²) in [7, 11) is 0. The van der Waals surface area contributed by atoms with Gasteiger partial charge in [0.05, 0.1) is 0 Å². The average Bonchev–Trinajstić information content (AvgIpc) is 2.27. The predicted molar refractivity (Wildman–Crippen MR) is 46.5 cm³/mol. The summed E-state index contributed by atoms with van der Waals surface area (Å²) in [5, 5.41) is 1.01. The quantitative estimate of drug-likeness (QED) is 0.563. The van der Waals surface area contributed by atoms with Crippen molar-refractivity contribution in [2.45, 2.75) is 6.92 Å². The lowest BCUT2D eigenvalue weighted by atomic mass is 10.2. The number of thiophene rings is 1. The summed E-state index contributed by atoms with van der Waals surface area (Å²) in [6.45, 7) is 2.03. The highest BCUT2D eigenvalue weighted by atomic mass is 32.1.